The zero-order chi connectivity index (χ0) is 28.1. The van der Waals surface area contributed by atoms with Crippen LogP contribution in [0.2, 0.25) is 0 Å². The molecule has 2 aliphatic rings. The summed E-state index contributed by atoms with van der Waals surface area (Å²) in [5.74, 6) is 0.755. The van der Waals surface area contributed by atoms with E-state index in [2.05, 4.69) is 85.2 Å². The van der Waals surface area contributed by atoms with Gasteiger partial charge in [0.05, 0.1) is 10.7 Å². The highest BCUT2D eigenvalue weighted by Crippen LogP contribution is 2.39. The predicted octanol–water partition coefficient (Wildman–Crippen LogP) is 6.75. The Morgan fingerprint density at radius 3 is 2.52 bits per heavy atom. The van der Waals surface area contributed by atoms with Crippen LogP contribution >= 0.6 is 11.3 Å². The number of hydrogen-bond acceptors (Lipinski definition) is 5. The number of carboxylic acids is 1. The van der Waals surface area contributed by atoms with E-state index in [-0.39, 0.29) is 6.04 Å². The average Bonchev–Trinajstić information content (AvgIpc) is 3.56. The van der Waals surface area contributed by atoms with E-state index in [4.69, 9.17) is 4.98 Å². The summed E-state index contributed by atoms with van der Waals surface area (Å²) in [5.41, 5.74) is 5.28. The first-order valence-corrected chi connectivity index (χ1v) is 16.0. The highest BCUT2D eigenvalue weighted by Gasteiger charge is 2.40. The van der Waals surface area contributed by atoms with Gasteiger partial charge < -0.3 is 10.0 Å². The summed E-state index contributed by atoms with van der Waals surface area (Å²) in [6.45, 7) is 11.4. The molecule has 3 heterocycles. The van der Waals surface area contributed by atoms with Crippen molar-refractivity contribution in [2.24, 2.45) is 5.92 Å². The third-order valence-corrected chi connectivity index (χ3v) is 10.2. The molecule has 0 radical (unpaired) electrons. The second kappa shape index (κ2) is 13.4. The van der Waals surface area contributed by atoms with E-state index in [0.29, 0.717) is 17.8 Å². The molecule has 6 heteroatoms. The van der Waals surface area contributed by atoms with Crippen LogP contribution in [0, 0.1) is 12.8 Å². The summed E-state index contributed by atoms with van der Waals surface area (Å²) in [7, 11) is 0. The summed E-state index contributed by atoms with van der Waals surface area (Å²) in [6, 6.07) is 19.2. The van der Waals surface area contributed by atoms with Crippen molar-refractivity contribution in [3.05, 3.63) is 86.9 Å². The van der Waals surface area contributed by atoms with Gasteiger partial charge in [-0.3, -0.25) is 9.69 Å². The Morgan fingerprint density at radius 1 is 1.07 bits per heavy atom. The summed E-state index contributed by atoms with van der Waals surface area (Å²) < 4.78 is 0. The molecule has 0 amide bonds. The van der Waals surface area contributed by atoms with Crippen molar-refractivity contribution >= 4 is 17.3 Å². The molecule has 0 aliphatic carbocycles. The van der Waals surface area contributed by atoms with Gasteiger partial charge in [-0.2, -0.15) is 0 Å². The zero-order valence-electron chi connectivity index (χ0n) is 24.4. The number of aliphatic carboxylic acids is 1. The molecule has 214 valence electrons. The fraction of sp³-hybridized carbons (Fsp3) is 0.529. The number of carboxylic acid groups (broad SMARTS) is 1. The molecule has 5 rings (SSSR count). The second-order valence-corrected chi connectivity index (χ2v) is 13.0. The predicted molar refractivity (Wildman–Crippen MR) is 164 cm³/mol. The monoisotopic (exact) mass is 559 g/mol. The molecule has 0 bridgehead atoms. The Labute approximate surface area is 244 Å². The standard InChI is InChI=1S/C34H45N3O2S/c1-4-10-31(34(38)39)37-22-28(29(23-37)27-14-9-11-24(3)19-27)21-36-17-15-26(16-18-36)33-30(5-2)35-32(40-33)20-25-12-7-6-8-13-25/h6-9,11-14,19,26,28-29,31H,4-5,10,15-18,20-23H2,1-3H3,(H,38,39). The summed E-state index contributed by atoms with van der Waals surface area (Å²) >= 11 is 1.94. The molecule has 3 aromatic rings. The van der Waals surface area contributed by atoms with E-state index < -0.39 is 5.97 Å². The molecular formula is C34H45N3O2S. The highest BCUT2D eigenvalue weighted by atomic mass is 32.1. The Bertz CT molecular complexity index is 1250. The van der Waals surface area contributed by atoms with Crippen molar-refractivity contribution in [1.29, 1.82) is 0 Å². The molecule has 2 aromatic carbocycles. The normalized spacial score (nSPS) is 21.6. The van der Waals surface area contributed by atoms with Gasteiger partial charge in [-0.25, -0.2) is 4.98 Å². The topological polar surface area (TPSA) is 56.7 Å². The number of piperidine rings is 1. The van der Waals surface area contributed by atoms with Gasteiger partial charge in [-0.1, -0.05) is 80.4 Å². The number of aryl methyl sites for hydroxylation is 2. The third kappa shape index (κ3) is 6.84. The fourth-order valence-corrected chi connectivity index (χ4v) is 8.26. The van der Waals surface area contributed by atoms with Crippen molar-refractivity contribution < 1.29 is 9.90 Å². The lowest BCUT2D eigenvalue weighted by molar-refractivity contribution is -0.143. The van der Waals surface area contributed by atoms with E-state index >= 15 is 0 Å². The summed E-state index contributed by atoms with van der Waals surface area (Å²) in [4.78, 5) is 23.6. The Hall–Kier alpha value is -2.54. The first-order valence-electron chi connectivity index (χ1n) is 15.2. The number of rotatable bonds is 11. The van der Waals surface area contributed by atoms with Crippen LogP contribution in [-0.4, -0.2) is 64.6 Å². The van der Waals surface area contributed by atoms with Crippen LogP contribution in [-0.2, 0) is 17.6 Å². The van der Waals surface area contributed by atoms with Crippen LogP contribution in [0.3, 0.4) is 0 Å². The van der Waals surface area contributed by atoms with E-state index in [1.165, 1.54) is 45.1 Å². The van der Waals surface area contributed by atoms with Crippen molar-refractivity contribution in [3.8, 4) is 0 Å². The minimum absolute atomic E-state index is 0.378. The molecule has 2 saturated heterocycles. The lowest BCUT2D eigenvalue weighted by Gasteiger charge is -2.34. The molecule has 40 heavy (non-hydrogen) atoms. The summed E-state index contributed by atoms with van der Waals surface area (Å²) in [5, 5.41) is 11.2. The van der Waals surface area contributed by atoms with Crippen LogP contribution in [0.4, 0.5) is 0 Å². The molecular weight excluding hydrogens is 514 g/mol. The zero-order valence-corrected chi connectivity index (χ0v) is 25.2. The maximum absolute atomic E-state index is 12.1. The number of thiazole rings is 1. The Balaban J connectivity index is 1.25. The van der Waals surface area contributed by atoms with E-state index in [1.807, 2.05) is 11.3 Å². The van der Waals surface area contributed by atoms with Gasteiger partial charge in [0.2, 0.25) is 0 Å². The molecule has 2 aliphatic heterocycles. The van der Waals surface area contributed by atoms with Crippen molar-refractivity contribution in [2.75, 3.05) is 32.7 Å². The van der Waals surface area contributed by atoms with Crippen molar-refractivity contribution in [1.82, 2.24) is 14.8 Å². The second-order valence-electron chi connectivity index (χ2n) is 11.9. The number of nitrogens with zero attached hydrogens (tertiary/aromatic N) is 3. The number of benzene rings is 2. The molecule has 0 saturated carbocycles. The molecule has 1 aromatic heterocycles. The van der Waals surface area contributed by atoms with Gasteiger partial charge in [0.25, 0.3) is 0 Å². The van der Waals surface area contributed by atoms with Gasteiger partial charge in [0, 0.05) is 36.9 Å². The van der Waals surface area contributed by atoms with Crippen LogP contribution in [0.15, 0.2) is 54.6 Å². The van der Waals surface area contributed by atoms with Crippen LogP contribution in [0.5, 0.6) is 0 Å². The SMILES string of the molecule is CCCC(C(=O)O)N1CC(CN2CCC(c3sc(Cc4ccccc4)nc3CC)CC2)C(c2cccc(C)c2)C1. The van der Waals surface area contributed by atoms with Gasteiger partial charge >= 0.3 is 5.97 Å². The smallest absolute Gasteiger partial charge is 0.320 e. The van der Waals surface area contributed by atoms with Crippen LogP contribution in [0.25, 0.3) is 0 Å². The number of carbonyl (C=O) groups is 1. The number of aromatic nitrogens is 1. The van der Waals surface area contributed by atoms with E-state index in [9.17, 15) is 9.90 Å². The first-order chi connectivity index (χ1) is 19.4. The quantitative estimate of drug-likeness (QED) is 0.282. The third-order valence-electron chi connectivity index (χ3n) is 8.98. The van der Waals surface area contributed by atoms with Crippen LogP contribution < -0.4 is 0 Å². The van der Waals surface area contributed by atoms with Gasteiger partial charge in [0.1, 0.15) is 6.04 Å². The minimum Gasteiger partial charge on any atom is -0.480 e. The Morgan fingerprint density at radius 2 is 1.85 bits per heavy atom. The molecule has 3 unspecified atom stereocenters. The van der Waals surface area contributed by atoms with Gasteiger partial charge in [-0.15, -0.1) is 11.3 Å². The maximum Gasteiger partial charge on any atom is 0.320 e. The molecule has 0 spiro atoms. The minimum atomic E-state index is -0.672. The van der Waals surface area contributed by atoms with Gasteiger partial charge in [-0.05, 0) is 68.7 Å². The fourth-order valence-electron chi connectivity index (χ4n) is 6.90. The Kier molecular flexibility index (Phi) is 9.72. The number of likely N-dealkylation sites (tertiary alicyclic amines) is 2. The average molecular weight is 560 g/mol. The van der Waals surface area contributed by atoms with Crippen molar-refractivity contribution in [2.45, 2.75) is 77.2 Å². The van der Waals surface area contributed by atoms with Crippen LogP contribution in [0.1, 0.15) is 83.6 Å². The molecule has 2 fully saturated rings. The van der Waals surface area contributed by atoms with Gasteiger partial charge in [0.15, 0.2) is 0 Å². The van der Waals surface area contributed by atoms with E-state index in [0.717, 1.165) is 58.4 Å². The number of hydrogen-bond donors (Lipinski definition) is 1. The maximum atomic E-state index is 12.1. The summed E-state index contributed by atoms with van der Waals surface area (Å²) in [6.07, 6.45) is 5.89. The van der Waals surface area contributed by atoms with Crippen molar-refractivity contribution in [3.63, 3.8) is 0 Å². The molecule has 5 nitrogen and oxygen atoms in total. The largest absolute Gasteiger partial charge is 0.480 e. The lowest BCUT2D eigenvalue weighted by Crippen LogP contribution is -2.41. The lowest BCUT2D eigenvalue weighted by atomic mass is 9.86. The first kappa shape index (κ1) is 29.0. The molecule has 3 atom stereocenters. The highest BCUT2D eigenvalue weighted by molar-refractivity contribution is 7.11. The van der Waals surface area contributed by atoms with E-state index in [1.54, 1.807) is 0 Å². The molecule has 1 N–H and O–H groups in total.